The van der Waals surface area contributed by atoms with Crippen LogP contribution in [0.25, 0.3) is 0 Å². The third kappa shape index (κ3) is 5.01. The van der Waals surface area contributed by atoms with Crippen LogP contribution in [-0.2, 0) is 6.54 Å². The van der Waals surface area contributed by atoms with E-state index >= 15 is 0 Å². The molecule has 0 aromatic heterocycles. The highest BCUT2D eigenvalue weighted by Gasteiger charge is 2.50. The Bertz CT molecular complexity index is 786. The molecule has 5 aliphatic rings. The van der Waals surface area contributed by atoms with Gasteiger partial charge in [-0.05, 0) is 105 Å². The number of carbonyl (C=O) groups is 1. The van der Waals surface area contributed by atoms with Crippen LogP contribution in [0.1, 0.15) is 67.3 Å². The molecular weight excluding hydrogens is 422 g/mol. The number of aliphatic hydroxyl groups is 1. The minimum absolute atomic E-state index is 0.0143. The summed E-state index contributed by atoms with van der Waals surface area (Å²) in [5.74, 6) is 2.67. The predicted molar refractivity (Wildman–Crippen MR) is 128 cm³/mol. The minimum atomic E-state index is -0.0143. The first-order chi connectivity index (χ1) is 15.5. The second kappa shape index (κ2) is 9.61. The van der Waals surface area contributed by atoms with Gasteiger partial charge in [-0.2, -0.15) is 0 Å². The van der Waals surface area contributed by atoms with Crippen molar-refractivity contribution in [3.63, 3.8) is 0 Å². The lowest BCUT2D eigenvalue weighted by molar-refractivity contribution is -0.0503. The molecule has 32 heavy (non-hydrogen) atoms. The summed E-state index contributed by atoms with van der Waals surface area (Å²) in [6, 6.07) is 6.42. The Balaban J connectivity index is 1.17. The average molecular weight is 460 g/mol. The van der Waals surface area contributed by atoms with Crippen molar-refractivity contribution in [2.45, 2.75) is 64.0 Å². The van der Waals surface area contributed by atoms with Crippen molar-refractivity contribution in [2.75, 3.05) is 32.8 Å². The van der Waals surface area contributed by atoms with Crippen molar-refractivity contribution in [3.05, 3.63) is 34.3 Å². The zero-order chi connectivity index (χ0) is 22.1. The van der Waals surface area contributed by atoms with Crippen LogP contribution in [-0.4, -0.2) is 54.7 Å². The van der Waals surface area contributed by atoms with Crippen LogP contribution < -0.4 is 10.6 Å². The largest absolute Gasteiger partial charge is 0.395 e. The summed E-state index contributed by atoms with van der Waals surface area (Å²) in [7, 11) is 0. The van der Waals surface area contributed by atoms with Gasteiger partial charge in [0, 0.05) is 25.7 Å². The molecular formula is C26H38ClN3O2. The number of rotatable bonds is 8. The number of hydrogen-bond donors (Lipinski definition) is 3. The topological polar surface area (TPSA) is 64.6 Å². The predicted octanol–water partition coefficient (Wildman–Crippen LogP) is 3.83. The molecule has 0 radical (unpaired) electrons. The standard InChI is InChI=1S/C26H38ClN3O2/c27-24-2-1-18(16-30-6-3-22(4-7-30)28-5-8-31)12-23(24)25(32)29-17-26-13-19-9-20(14-26)11-21(10-19)15-26/h1-2,12,19-22,28,31H,3-11,13-17H2,(H,29,32). The molecule has 5 nitrogen and oxygen atoms in total. The summed E-state index contributed by atoms with van der Waals surface area (Å²) < 4.78 is 0. The molecule has 0 atom stereocenters. The van der Waals surface area contributed by atoms with Crippen molar-refractivity contribution >= 4 is 17.5 Å². The van der Waals surface area contributed by atoms with Gasteiger partial charge in [0.2, 0.25) is 0 Å². The maximum atomic E-state index is 13.1. The Kier molecular flexibility index (Phi) is 6.80. The summed E-state index contributed by atoms with van der Waals surface area (Å²) in [5.41, 5.74) is 2.10. The van der Waals surface area contributed by atoms with E-state index in [1.54, 1.807) is 0 Å². The summed E-state index contributed by atoms with van der Waals surface area (Å²) in [6.07, 6.45) is 10.4. The molecule has 6 rings (SSSR count). The number of benzene rings is 1. The van der Waals surface area contributed by atoms with E-state index in [4.69, 9.17) is 16.7 Å². The van der Waals surface area contributed by atoms with E-state index in [0.717, 1.165) is 62.3 Å². The molecule has 1 aromatic carbocycles. The summed E-state index contributed by atoms with van der Waals surface area (Å²) >= 11 is 6.45. The number of likely N-dealkylation sites (tertiary alicyclic amines) is 1. The summed E-state index contributed by atoms with van der Waals surface area (Å²) in [6.45, 7) is 4.57. The number of carbonyl (C=O) groups excluding carboxylic acids is 1. The highest BCUT2D eigenvalue weighted by atomic mass is 35.5. The van der Waals surface area contributed by atoms with Crippen LogP contribution in [0.2, 0.25) is 5.02 Å². The zero-order valence-corrected chi connectivity index (χ0v) is 19.9. The Morgan fingerprint density at radius 2 is 1.75 bits per heavy atom. The first-order valence-corrected chi connectivity index (χ1v) is 13.0. The Hall–Kier alpha value is -1.14. The lowest BCUT2D eigenvalue weighted by Crippen LogP contribution is -2.51. The maximum absolute atomic E-state index is 13.1. The van der Waals surface area contributed by atoms with Gasteiger partial charge in [-0.15, -0.1) is 0 Å². The highest BCUT2D eigenvalue weighted by Crippen LogP contribution is 2.59. The molecule has 176 valence electrons. The van der Waals surface area contributed by atoms with E-state index in [-0.39, 0.29) is 12.5 Å². The molecule has 0 spiro atoms. The minimum Gasteiger partial charge on any atom is -0.395 e. The average Bonchev–Trinajstić information content (AvgIpc) is 2.77. The Morgan fingerprint density at radius 3 is 2.38 bits per heavy atom. The number of nitrogens with zero attached hydrogens (tertiary/aromatic N) is 1. The van der Waals surface area contributed by atoms with E-state index < -0.39 is 0 Å². The molecule has 4 bridgehead atoms. The van der Waals surface area contributed by atoms with Crippen molar-refractivity contribution in [3.8, 4) is 0 Å². The van der Waals surface area contributed by atoms with Crippen LogP contribution in [0.5, 0.6) is 0 Å². The van der Waals surface area contributed by atoms with Gasteiger partial charge in [-0.1, -0.05) is 17.7 Å². The van der Waals surface area contributed by atoms with Crippen LogP contribution >= 0.6 is 11.6 Å². The van der Waals surface area contributed by atoms with E-state index in [1.807, 2.05) is 18.2 Å². The van der Waals surface area contributed by atoms with Gasteiger partial charge < -0.3 is 15.7 Å². The first-order valence-electron chi connectivity index (χ1n) is 12.7. The molecule has 1 heterocycles. The second-order valence-electron chi connectivity index (χ2n) is 11.1. The van der Waals surface area contributed by atoms with Crippen LogP contribution in [0.15, 0.2) is 18.2 Å². The first kappa shape index (κ1) is 22.6. The smallest absolute Gasteiger partial charge is 0.252 e. The fourth-order valence-corrected chi connectivity index (χ4v) is 7.74. The number of hydrogen-bond acceptors (Lipinski definition) is 4. The number of halogens is 1. The third-order valence-electron chi connectivity index (χ3n) is 8.60. The lowest BCUT2D eigenvalue weighted by Gasteiger charge is -2.56. The molecule has 5 fully saturated rings. The molecule has 1 aromatic rings. The van der Waals surface area contributed by atoms with Gasteiger partial charge in [0.15, 0.2) is 0 Å². The zero-order valence-electron chi connectivity index (χ0n) is 19.1. The van der Waals surface area contributed by atoms with E-state index in [1.165, 1.54) is 38.5 Å². The molecule has 1 saturated heterocycles. The van der Waals surface area contributed by atoms with E-state index in [0.29, 0.717) is 28.6 Å². The Labute approximate surface area is 197 Å². The van der Waals surface area contributed by atoms with Crippen molar-refractivity contribution in [1.29, 1.82) is 0 Å². The normalized spacial score (nSPS) is 32.4. The SMILES string of the molecule is O=C(NCC12CC3CC(CC(C3)C1)C2)c1cc(CN2CCC(NCCO)CC2)ccc1Cl. The van der Waals surface area contributed by atoms with Crippen molar-refractivity contribution in [2.24, 2.45) is 23.2 Å². The van der Waals surface area contributed by atoms with Gasteiger partial charge in [-0.25, -0.2) is 0 Å². The van der Waals surface area contributed by atoms with Crippen LogP contribution in [0.3, 0.4) is 0 Å². The van der Waals surface area contributed by atoms with Gasteiger partial charge in [-0.3, -0.25) is 9.69 Å². The van der Waals surface area contributed by atoms with Gasteiger partial charge in [0.25, 0.3) is 5.91 Å². The molecule has 4 aliphatic carbocycles. The Morgan fingerprint density at radius 1 is 1.09 bits per heavy atom. The third-order valence-corrected chi connectivity index (χ3v) is 8.93. The van der Waals surface area contributed by atoms with Crippen LogP contribution in [0.4, 0.5) is 0 Å². The molecule has 6 heteroatoms. The van der Waals surface area contributed by atoms with Gasteiger partial charge >= 0.3 is 0 Å². The maximum Gasteiger partial charge on any atom is 0.252 e. The van der Waals surface area contributed by atoms with Crippen molar-refractivity contribution in [1.82, 2.24) is 15.5 Å². The molecule has 0 unspecified atom stereocenters. The molecule has 1 aliphatic heterocycles. The van der Waals surface area contributed by atoms with Gasteiger partial charge in [0.1, 0.15) is 0 Å². The molecule has 4 saturated carbocycles. The second-order valence-corrected chi connectivity index (χ2v) is 11.5. The van der Waals surface area contributed by atoms with Gasteiger partial charge in [0.05, 0.1) is 17.2 Å². The number of nitrogens with one attached hydrogen (secondary N) is 2. The number of aliphatic hydroxyl groups excluding tert-OH is 1. The van der Waals surface area contributed by atoms with Crippen molar-refractivity contribution < 1.29 is 9.90 Å². The molecule has 1 amide bonds. The quantitative estimate of drug-likeness (QED) is 0.552. The monoisotopic (exact) mass is 459 g/mol. The van der Waals surface area contributed by atoms with E-state index in [9.17, 15) is 4.79 Å². The summed E-state index contributed by atoms with van der Waals surface area (Å²) in [5, 5.41) is 16.2. The fourth-order valence-electron chi connectivity index (χ4n) is 7.54. The molecule has 3 N–H and O–H groups in total. The number of amides is 1. The summed E-state index contributed by atoms with van der Waals surface area (Å²) in [4.78, 5) is 15.6. The number of piperidine rings is 1. The highest BCUT2D eigenvalue weighted by molar-refractivity contribution is 6.33. The lowest BCUT2D eigenvalue weighted by atomic mass is 9.49. The van der Waals surface area contributed by atoms with Crippen LogP contribution in [0, 0.1) is 23.2 Å². The van der Waals surface area contributed by atoms with E-state index in [2.05, 4.69) is 15.5 Å². The fraction of sp³-hybridized carbons (Fsp3) is 0.731.